The molecule has 2 aromatic carbocycles. The normalized spacial score (nSPS) is 9.94. The predicted octanol–water partition coefficient (Wildman–Crippen LogP) is 4.06. The monoisotopic (exact) mass is 218 g/mol. The molecule has 0 aliphatic carbocycles. The van der Waals surface area contributed by atoms with Crippen LogP contribution in [-0.4, -0.2) is 0 Å². The van der Waals surface area contributed by atoms with Gasteiger partial charge in [0.25, 0.3) is 0 Å². The zero-order chi connectivity index (χ0) is 11.9. The van der Waals surface area contributed by atoms with Crippen molar-refractivity contribution in [2.45, 2.75) is 6.92 Å². The van der Waals surface area contributed by atoms with Crippen molar-refractivity contribution in [2.75, 3.05) is 0 Å². The minimum Gasteiger partial charge on any atom is -0.0696 e. The molecule has 0 saturated heterocycles. The van der Waals surface area contributed by atoms with Crippen LogP contribution in [0.2, 0.25) is 0 Å². The number of allylic oxidation sites excluding steroid dienone is 1. The average molecular weight is 218 g/mol. The smallest absolute Gasteiger partial charge is 0.0248 e. The van der Waals surface area contributed by atoms with E-state index in [1.54, 1.807) is 0 Å². The first kappa shape index (κ1) is 11.2. The van der Waals surface area contributed by atoms with Gasteiger partial charge in [0.15, 0.2) is 0 Å². The summed E-state index contributed by atoms with van der Waals surface area (Å²) in [5, 5.41) is 0. The van der Waals surface area contributed by atoms with Crippen LogP contribution < -0.4 is 0 Å². The summed E-state index contributed by atoms with van der Waals surface area (Å²) in [5.74, 6) is 6.12. The van der Waals surface area contributed by atoms with Crippen molar-refractivity contribution in [2.24, 2.45) is 0 Å². The lowest BCUT2D eigenvalue weighted by molar-refractivity contribution is 1.46. The van der Waals surface area contributed by atoms with Gasteiger partial charge in [-0.25, -0.2) is 0 Å². The fourth-order valence-corrected chi connectivity index (χ4v) is 1.46. The third kappa shape index (κ3) is 3.66. The molecular weight excluding hydrogens is 204 g/mol. The second-order valence-corrected chi connectivity index (χ2v) is 3.88. The van der Waals surface area contributed by atoms with E-state index in [4.69, 9.17) is 0 Å². The molecule has 0 aromatic heterocycles. The SMILES string of the molecule is Cc1ccc(/C=C/C#Cc2ccccc2)cc1. The Morgan fingerprint density at radius 1 is 0.882 bits per heavy atom. The highest BCUT2D eigenvalue weighted by Crippen LogP contribution is 2.04. The van der Waals surface area contributed by atoms with Crippen molar-refractivity contribution >= 4 is 6.08 Å². The Bertz CT molecular complexity index is 548. The Balaban J connectivity index is 2.03. The van der Waals surface area contributed by atoms with Crippen LogP contribution in [0, 0.1) is 18.8 Å². The molecule has 0 radical (unpaired) electrons. The maximum Gasteiger partial charge on any atom is 0.0248 e. The molecule has 0 atom stereocenters. The van der Waals surface area contributed by atoms with Gasteiger partial charge in [0, 0.05) is 5.56 Å². The van der Waals surface area contributed by atoms with Gasteiger partial charge in [-0.15, -0.1) is 0 Å². The number of benzene rings is 2. The molecule has 0 aliphatic heterocycles. The van der Waals surface area contributed by atoms with E-state index >= 15 is 0 Å². The van der Waals surface area contributed by atoms with Gasteiger partial charge in [-0.3, -0.25) is 0 Å². The molecule has 0 fully saturated rings. The third-order valence-electron chi connectivity index (χ3n) is 2.43. The molecule has 0 aliphatic rings. The molecule has 0 nitrogen and oxygen atoms in total. The van der Waals surface area contributed by atoms with Gasteiger partial charge in [0.1, 0.15) is 0 Å². The third-order valence-corrected chi connectivity index (χ3v) is 2.43. The molecule has 17 heavy (non-hydrogen) atoms. The quantitative estimate of drug-likeness (QED) is 0.633. The molecule has 0 amide bonds. The second-order valence-electron chi connectivity index (χ2n) is 3.88. The van der Waals surface area contributed by atoms with E-state index in [2.05, 4.69) is 43.0 Å². The summed E-state index contributed by atoms with van der Waals surface area (Å²) in [4.78, 5) is 0. The van der Waals surface area contributed by atoms with E-state index in [-0.39, 0.29) is 0 Å². The fraction of sp³-hybridized carbons (Fsp3) is 0.0588. The second kappa shape index (κ2) is 5.72. The fourth-order valence-electron chi connectivity index (χ4n) is 1.46. The Labute approximate surface area is 103 Å². The Kier molecular flexibility index (Phi) is 3.78. The van der Waals surface area contributed by atoms with Crippen molar-refractivity contribution < 1.29 is 0 Å². The van der Waals surface area contributed by atoms with E-state index < -0.39 is 0 Å². The summed E-state index contributed by atoms with van der Waals surface area (Å²) in [7, 11) is 0. The van der Waals surface area contributed by atoms with Crippen LogP contribution in [0.5, 0.6) is 0 Å². The molecule has 2 aromatic rings. The van der Waals surface area contributed by atoms with Crippen LogP contribution in [0.3, 0.4) is 0 Å². The summed E-state index contributed by atoms with van der Waals surface area (Å²) >= 11 is 0. The standard InChI is InChI=1S/C17H14/c1-15-11-13-17(14-12-15)10-6-5-9-16-7-3-2-4-8-16/h2-4,6-8,10-14H,1H3/b10-6+. The topological polar surface area (TPSA) is 0 Å². The summed E-state index contributed by atoms with van der Waals surface area (Å²) in [6.07, 6.45) is 3.91. The maximum atomic E-state index is 3.09. The summed E-state index contributed by atoms with van der Waals surface area (Å²) in [6, 6.07) is 18.4. The number of rotatable bonds is 1. The van der Waals surface area contributed by atoms with Crippen LogP contribution in [0.1, 0.15) is 16.7 Å². The molecule has 0 bridgehead atoms. The van der Waals surface area contributed by atoms with Crippen molar-refractivity contribution in [1.29, 1.82) is 0 Å². The first-order valence-corrected chi connectivity index (χ1v) is 5.64. The molecule has 0 heterocycles. The minimum atomic E-state index is 1.04. The molecular formula is C17H14. The summed E-state index contributed by atoms with van der Waals surface area (Å²) < 4.78 is 0. The lowest BCUT2D eigenvalue weighted by atomic mass is 10.1. The molecule has 2 rings (SSSR count). The van der Waals surface area contributed by atoms with E-state index in [0.29, 0.717) is 0 Å². The van der Waals surface area contributed by atoms with E-state index in [9.17, 15) is 0 Å². The van der Waals surface area contributed by atoms with Gasteiger partial charge in [0.2, 0.25) is 0 Å². The highest BCUT2D eigenvalue weighted by atomic mass is 13.9. The van der Waals surface area contributed by atoms with Crippen LogP contribution in [0.15, 0.2) is 60.7 Å². The minimum absolute atomic E-state index is 1.04. The molecule has 0 N–H and O–H groups in total. The number of hydrogen-bond acceptors (Lipinski definition) is 0. The van der Waals surface area contributed by atoms with Gasteiger partial charge < -0.3 is 0 Å². The first-order valence-electron chi connectivity index (χ1n) is 5.64. The largest absolute Gasteiger partial charge is 0.0696 e. The van der Waals surface area contributed by atoms with Crippen LogP contribution in [0.4, 0.5) is 0 Å². The molecule has 0 heteroatoms. The summed E-state index contributed by atoms with van der Waals surface area (Å²) in [6.45, 7) is 2.09. The molecule has 0 saturated carbocycles. The highest BCUT2D eigenvalue weighted by molar-refractivity contribution is 5.54. The Morgan fingerprint density at radius 2 is 1.59 bits per heavy atom. The van der Waals surface area contributed by atoms with Crippen molar-refractivity contribution in [3.63, 3.8) is 0 Å². The molecule has 0 unspecified atom stereocenters. The zero-order valence-corrected chi connectivity index (χ0v) is 9.85. The van der Waals surface area contributed by atoms with Gasteiger partial charge >= 0.3 is 0 Å². The maximum absolute atomic E-state index is 3.09. The summed E-state index contributed by atoms with van der Waals surface area (Å²) in [5.41, 5.74) is 3.50. The van der Waals surface area contributed by atoms with Crippen molar-refractivity contribution in [3.8, 4) is 11.8 Å². The van der Waals surface area contributed by atoms with Crippen molar-refractivity contribution in [3.05, 3.63) is 77.4 Å². The predicted molar refractivity (Wildman–Crippen MR) is 73.5 cm³/mol. The lowest BCUT2D eigenvalue weighted by Crippen LogP contribution is -1.73. The van der Waals surface area contributed by atoms with Gasteiger partial charge in [-0.1, -0.05) is 59.9 Å². The van der Waals surface area contributed by atoms with Crippen molar-refractivity contribution in [1.82, 2.24) is 0 Å². The average Bonchev–Trinajstić information content (AvgIpc) is 2.38. The van der Waals surface area contributed by atoms with E-state index in [1.165, 1.54) is 11.1 Å². The van der Waals surface area contributed by atoms with Crippen LogP contribution in [0.25, 0.3) is 6.08 Å². The molecule has 0 spiro atoms. The number of aryl methyl sites for hydroxylation is 1. The number of hydrogen-bond donors (Lipinski definition) is 0. The van der Waals surface area contributed by atoms with E-state index in [0.717, 1.165) is 5.56 Å². The Hall–Kier alpha value is -2.26. The molecule has 82 valence electrons. The van der Waals surface area contributed by atoms with Crippen LogP contribution >= 0.6 is 0 Å². The van der Waals surface area contributed by atoms with Gasteiger partial charge in [-0.2, -0.15) is 0 Å². The first-order chi connectivity index (χ1) is 8.34. The highest BCUT2D eigenvalue weighted by Gasteiger charge is 1.84. The zero-order valence-electron chi connectivity index (χ0n) is 9.85. The van der Waals surface area contributed by atoms with Gasteiger partial charge in [0.05, 0.1) is 0 Å². The lowest BCUT2D eigenvalue weighted by Gasteiger charge is -1.92. The van der Waals surface area contributed by atoms with Crippen LogP contribution in [-0.2, 0) is 0 Å². The van der Waals surface area contributed by atoms with E-state index in [1.807, 2.05) is 42.5 Å². The Morgan fingerprint density at radius 3 is 2.29 bits per heavy atom. The van der Waals surface area contributed by atoms with Gasteiger partial charge in [-0.05, 0) is 36.8 Å².